The molecule has 2 rings (SSSR count). The maximum atomic E-state index is 13.6. The second-order valence-electron chi connectivity index (χ2n) is 4.82. The highest BCUT2D eigenvalue weighted by Crippen LogP contribution is 2.22. The zero-order valence-corrected chi connectivity index (χ0v) is 11.0. The summed E-state index contributed by atoms with van der Waals surface area (Å²) in [7, 11) is 0. The van der Waals surface area contributed by atoms with Crippen LogP contribution < -0.4 is 11.1 Å². The van der Waals surface area contributed by atoms with Gasteiger partial charge in [-0.15, -0.1) is 0 Å². The lowest BCUT2D eigenvalue weighted by Crippen LogP contribution is -2.33. The molecule has 19 heavy (non-hydrogen) atoms. The summed E-state index contributed by atoms with van der Waals surface area (Å²) in [5.41, 5.74) is 5.79. The highest BCUT2D eigenvalue weighted by Gasteiger charge is 2.27. The van der Waals surface area contributed by atoms with Crippen LogP contribution in [0.2, 0.25) is 0 Å². The number of nitrogens with one attached hydrogen (secondary N) is 1. The van der Waals surface area contributed by atoms with E-state index < -0.39 is 11.7 Å². The summed E-state index contributed by atoms with van der Waals surface area (Å²) in [6, 6.07) is 4.08. The fourth-order valence-corrected chi connectivity index (χ4v) is 2.41. The minimum atomic E-state index is -0.591. The van der Waals surface area contributed by atoms with Crippen molar-refractivity contribution in [2.45, 2.75) is 25.9 Å². The first-order valence-electron chi connectivity index (χ1n) is 6.56. The van der Waals surface area contributed by atoms with Crippen LogP contribution >= 0.6 is 0 Å². The van der Waals surface area contributed by atoms with E-state index in [0.717, 1.165) is 25.5 Å². The number of carbonyl (C=O) groups is 1. The number of ether oxygens (including phenoxy) is 1. The van der Waals surface area contributed by atoms with E-state index in [9.17, 15) is 9.18 Å². The van der Waals surface area contributed by atoms with Gasteiger partial charge in [-0.3, -0.25) is 4.79 Å². The van der Waals surface area contributed by atoms with Crippen molar-refractivity contribution in [3.63, 3.8) is 0 Å². The van der Waals surface area contributed by atoms with Gasteiger partial charge in [0.2, 0.25) is 0 Å². The third-order valence-electron chi connectivity index (χ3n) is 3.51. The molecule has 1 aromatic carbocycles. The Labute approximate surface area is 112 Å². The first-order valence-corrected chi connectivity index (χ1v) is 6.56. The Bertz CT molecular complexity index is 465. The lowest BCUT2D eigenvalue weighted by Gasteiger charge is -2.17. The van der Waals surface area contributed by atoms with E-state index in [1.54, 1.807) is 0 Å². The average Bonchev–Trinajstić information content (AvgIpc) is 2.83. The Morgan fingerprint density at radius 1 is 1.58 bits per heavy atom. The van der Waals surface area contributed by atoms with Gasteiger partial charge in [0.15, 0.2) is 0 Å². The molecule has 104 valence electrons. The van der Waals surface area contributed by atoms with Gasteiger partial charge in [0.25, 0.3) is 5.91 Å². The van der Waals surface area contributed by atoms with Crippen LogP contribution in [0.25, 0.3) is 0 Å². The maximum Gasteiger partial charge on any atom is 0.254 e. The molecule has 0 bridgehead atoms. The Morgan fingerprint density at radius 3 is 3.05 bits per heavy atom. The van der Waals surface area contributed by atoms with Crippen LogP contribution in [0.15, 0.2) is 18.2 Å². The van der Waals surface area contributed by atoms with Crippen molar-refractivity contribution in [1.82, 2.24) is 5.32 Å². The molecule has 0 saturated carbocycles. The second-order valence-corrected chi connectivity index (χ2v) is 4.82. The molecule has 1 heterocycles. The van der Waals surface area contributed by atoms with Crippen molar-refractivity contribution in [3.8, 4) is 0 Å². The van der Waals surface area contributed by atoms with Crippen LogP contribution in [0, 0.1) is 11.7 Å². The number of carbonyl (C=O) groups excluding carboxylic acids is 1. The number of hydrogen-bond acceptors (Lipinski definition) is 3. The van der Waals surface area contributed by atoms with E-state index in [4.69, 9.17) is 10.5 Å². The van der Waals surface area contributed by atoms with Gasteiger partial charge in [0, 0.05) is 24.8 Å². The van der Waals surface area contributed by atoms with Crippen LogP contribution in [-0.2, 0) is 4.74 Å². The molecule has 2 unspecified atom stereocenters. The molecule has 1 saturated heterocycles. The normalized spacial score (nSPS) is 22.4. The van der Waals surface area contributed by atoms with E-state index >= 15 is 0 Å². The molecule has 1 aliphatic rings. The van der Waals surface area contributed by atoms with Gasteiger partial charge in [-0.2, -0.15) is 0 Å². The molecule has 0 aromatic heterocycles. The highest BCUT2D eigenvalue weighted by atomic mass is 19.1. The van der Waals surface area contributed by atoms with E-state index in [2.05, 4.69) is 12.2 Å². The minimum absolute atomic E-state index is 0.0289. The van der Waals surface area contributed by atoms with Crippen LogP contribution in [0.5, 0.6) is 0 Å². The summed E-state index contributed by atoms with van der Waals surface area (Å²) in [6.07, 6.45) is 2.05. The van der Waals surface area contributed by atoms with Gasteiger partial charge >= 0.3 is 0 Å². The molecule has 0 spiro atoms. The van der Waals surface area contributed by atoms with Gasteiger partial charge < -0.3 is 15.8 Å². The quantitative estimate of drug-likeness (QED) is 0.819. The molecule has 1 amide bonds. The third kappa shape index (κ3) is 3.23. The third-order valence-corrected chi connectivity index (χ3v) is 3.51. The Hall–Kier alpha value is -1.62. The van der Waals surface area contributed by atoms with E-state index in [1.165, 1.54) is 12.1 Å². The molecule has 1 aliphatic heterocycles. The zero-order valence-electron chi connectivity index (χ0n) is 11.0. The largest absolute Gasteiger partial charge is 0.399 e. The molecule has 2 atom stereocenters. The molecule has 5 heteroatoms. The van der Waals surface area contributed by atoms with Crippen LogP contribution in [0.3, 0.4) is 0 Å². The summed E-state index contributed by atoms with van der Waals surface area (Å²) in [6.45, 7) is 3.31. The fraction of sp³-hybridized carbons (Fsp3) is 0.500. The SMILES string of the molecule is CCC1OCCC1CNC(=O)c1ccc(N)cc1F. The highest BCUT2D eigenvalue weighted by molar-refractivity contribution is 5.94. The number of benzene rings is 1. The summed E-state index contributed by atoms with van der Waals surface area (Å²) >= 11 is 0. The molecule has 4 nitrogen and oxygen atoms in total. The number of anilines is 1. The minimum Gasteiger partial charge on any atom is -0.399 e. The summed E-state index contributed by atoms with van der Waals surface area (Å²) in [5, 5.41) is 2.77. The number of nitrogens with two attached hydrogens (primary N) is 1. The lowest BCUT2D eigenvalue weighted by atomic mass is 9.99. The first-order chi connectivity index (χ1) is 9.11. The average molecular weight is 266 g/mol. The molecule has 1 fully saturated rings. The Kier molecular flexibility index (Phi) is 4.37. The van der Waals surface area contributed by atoms with Crippen molar-refractivity contribution in [2.24, 2.45) is 5.92 Å². The van der Waals surface area contributed by atoms with Crippen LogP contribution in [-0.4, -0.2) is 25.2 Å². The number of hydrogen-bond donors (Lipinski definition) is 2. The molecule has 1 aromatic rings. The van der Waals surface area contributed by atoms with Crippen molar-refractivity contribution in [3.05, 3.63) is 29.6 Å². The topological polar surface area (TPSA) is 64.3 Å². The van der Waals surface area contributed by atoms with Gasteiger partial charge in [-0.25, -0.2) is 4.39 Å². The standard InChI is InChI=1S/C14H19FN2O2/c1-2-13-9(5-6-19-13)8-17-14(18)11-4-3-10(16)7-12(11)15/h3-4,7,9,13H,2,5-6,8,16H2,1H3,(H,17,18). The van der Waals surface area contributed by atoms with E-state index in [0.29, 0.717) is 18.2 Å². The van der Waals surface area contributed by atoms with Gasteiger partial charge in [-0.1, -0.05) is 6.92 Å². The fourth-order valence-electron chi connectivity index (χ4n) is 2.41. The van der Waals surface area contributed by atoms with Crippen molar-refractivity contribution < 1.29 is 13.9 Å². The van der Waals surface area contributed by atoms with Gasteiger partial charge in [0.1, 0.15) is 5.82 Å². The number of amides is 1. The van der Waals surface area contributed by atoms with Crippen LogP contribution in [0.1, 0.15) is 30.1 Å². The van der Waals surface area contributed by atoms with Crippen LogP contribution in [0.4, 0.5) is 10.1 Å². The van der Waals surface area contributed by atoms with E-state index in [1.807, 2.05) is 0 Å². The lowest BCUT2D eigenvalue weighted by molar-refractivity contribution is 0.0825. The van der Waals surface area contributed by atoms with Crippen molar-refractivity contribution in [1.29, 1.82) is 0 Å². The summed E-state index contributed by atoms with van der Waals surface area (Å²) < 4.78 is 19.1. The second kappa shape index (κ2) is 6.02. The molecular formula is C14H19FN2O2. The maximum absolute atomic E-state index is 13.6. The smallest absolute Gasteiger partial charge is 0.254 e. The predicted molar refractivity (Wildman–Crippen MR) is 71.3 cm³/mol. The first kappa shape index (κ1) is 13.8. The number of rotatable bonds is 4. The number of nitrogen functional groups attached to an aromatic ring is 1. The van der Waals surface area contributed by atoms with Crippen molar-refractivity contribution in [2.75, 3.05) is 18.9 Å². The summed E-state index contributed by atoms with van der Waals surface area (Å²) in [5.74, 6) is -0.683. The molecule has 3 N–H and O–H groups in total. The number of halogens is 1. The van der Waals surface area contributed by atoms with Gasteiger partial charge in [0.05, 0.1) is 11.7 Å². The molecule has 0 aliphatic carbocycles. The van der Waals surface area contributed by atoms with Gasteiger partial charge in [-0.05, 0) is 31.0 Å². The summed E-state index contributed by atoms with van der Waals surface area (Å²) in [4.78, 5) is 11.9. The molecule has 0 radical (unpaired) electrons. The zero-order chi connectivity index (χ0) is 13.8. The van der Waals surface area contributed by atoms with Crippen molar-refractivity contribution >= 4 is 11.6 Å². The predicted octanol–water partition coefficient (Wildman–Crippen LogP) is 1.95. The Balaban J connectivity index is 1.94. The monoisotopic (exact) mass is 266 g/mol. The van der Waals surface area contributed by atoms with E-state index in [-0.39, 0.29) is 11.7 Å². The molecular weight excluding hydrogens is 247 g/mol. The Morgan fingerprint density at radius 2 is 2.37 bits per heavy atom.